The Balaban J connectivity index is 1.78. The van der Waals surface area contributed by atoms with Gasteiger partial charge < -0.3 is 5.32 Å². The Morgan fingerprint density at radius 2 is 1.79 bits per heavy atom. The lowest BCUT2D eigenvalue weighted by Crippen LogP contribution is -2.28. The molecule has 0 aliphatic carbocycles. The topological polar surface area (TPSA) is 110 Å². The lowest BCUT2D eigenvalue weighted by molar-refractivity contribution is 0.0944. The van der Waals surface area contributed by atoms with E-state index in [2.05, 4.69) is 15.1 Å². The number of sulfonamides is 1. The van der Waals surface area contributed by atoms with Crippen molar-refractivity contribution >= 4 is 15.9 Å². The van der Waals surface area contributed by atoms with Crippen molar-refractivity contribution in [3.05, 3.63) is 88.3 Å². The first kappa shape index (κ1) is 19.5. The number of carbonyl (C=O) groups excluding carboxylic acids is 1. The van der Waals surface area contributed by atoms with Crippen LogP contribution in [0.4, 0.5) is 0 Å². The second-order valence-corrected chi connectivity index (χ2v) is 7.73. The minimum absolute atomic E-state index is 0.0717. The van der Waals surface area contributed by atoms with E-state index in [1.54, 1.807) is 36.4 Å². The van der Waals surface area contributed by atoms with Crippen LogP contribution in [0, 0.1) is 0 Å². The fourth-order valence-electron chi connectivity index (χ4n) is 2.50. The normalized spacial score (nSPS) is 11.2. The predicted molar refractivity (Wildman–Crippen MR) is 104 cm³/mol. The van der Waals surface area contributed by atoms with Gasteiger partial charge in [0.05, 0.1) is 10.6 Å². The molecule has 1 amide bonds. The number of hydrogen-bond acceptors (Lipinski definition) is 5. The van der Waals surface area contributed by atoms with E-state index >= 15 is 0 Å². The Morgan fingerprint density at radius 3 is 2.50 bits per heavy atom. The largest absolute Gasteiger partial charge is 0.347 e. The second kappa shape index (κ2) is 8.15. The molecule has 0 saturated heterocycles. The molecule has 0 aliphatic rings. The number of carbonyl (C=O) groups is 1. The first-order valence-corrected chi connectivity index (χ1v) is 9.85. The molecular weight excluding hydrogens is 380 g/mol. The molecule has 0 saturated carbocycles. The average molecular weight is 398 g/mol. The first-order chi connectivity index (χ1) is 13.4. The maximum absolute atomic E-state index is 12.4. The van der Waals surface area contributed by atoms with E-state index in [1.165, 1.54) is 31.3 Å². The predicted octanol–water partition coefficient (Wildman–Crippen LogP) is 1.07. The van der Waals surface area contributed by atoms with Crippen molar-refractivity contribution in [2.75, 3.05) is 7.05 Å². The van der Waals surface area contributed by atoms with Crippen LogP contribution in [0.2, 0.25) is 0 Å². The van der Waals surface area contributed by atoms with Crippen molar-refractivity contribution in [1.82, 2.24) is 19.8 Å². The molecule has 8 nitrogen and oxygen atoms in total. The molecule has 0 atom stereocenters. The van der Waals surface area contributed by atoms with Gasteiger partial charge in [-0.25, -0.2) is 13.1 Å². The summed E-state index contributed by atoms with van der Waals surface area (Å²) >= 11 is 0. The van der Waals surface area contributed by atoms with Crippen LogP contribution in [0.25, 0.3) is 5.69 Å². The molecule has 0 radical (unpaired) electrons. The van der Waals surface area contributed by atoms with Gasteiger partial charge >= 0.3 is 0 Å². The molecule has 0 aliphatic heterocycles. The molecule has 2 N–H and O–H groups in total. The van der Waals surface area contributed by atoms with Crippen LogP contribution in [0.1, 0.15) is 16.1 Å². The van der Waals surface area contributed by atoms with Gasteiger partial charge in [-0.15, -0.1) is 0 Å². The van der Waals surface area contributed by atoms with Crippen LogP contribution >= 0.6 is 0 Å². The molecule has 0 unspecified atom stereocenters. The number of nitrogens with one attached hydrogen (secondary N) is 2. The highest BCUT2D eigenvalue weighted by atomic mass is 32.2. The maximum Gasteiger partial charge on any atom is 0.272 e. The fraction of sp³-hybridized carbons (Fsp3) is 0.105. The van der Waals surface area contributed by atoms with Gasteiger partial charge in [0, 0.05) is 12.6 Å². The fourth-order valence-corrected chi connectivity index (χ4v) is 3.30. The summed E-state index contributed by atoms with van der Waals surface area (Å²) in [7, 11) is -2.24. The highest BCUT2D eigenvalue weighted by Crippen LogP contribution is 2.11. The number of amides is 1. The van der Waals surface area contributed by atoms with Gasteiger partial charge in [0.15, 0.2) is 0 Å². The zero-order valence-electron chi connectivity index (χ0n) is 15.0. The molecule has 0 bridgehead atoms. The number of para-hydroxylation sites is 1. The van der Waals surface area contributed by atoms with Crippen LogP contribution < -0.4 is 15.6 Å². The molecule has 0 spiro atoms. The van der Waals surface area contributed by atoms with Crippen molar-refractivity contribution in [2.24, 2.45) is 0 Å². The van der Waals surface area contributed by atoms with E-state index in [4.69, 9.17) is 0 Å². The molecule has 3 rings (SSSR count). The summed E-state index contributed by atoms with van der Waals surface area (Å²) < 4.78 is 27.1. The minimum atomic E-state index is -3.57. The molecule has 1 aromatic heterocycles. The number of benzene rings is 2. The van der Waals surface area contributed by atoms with E-state index in [0.29, 0.717) is 11.3 Å². The summed E-state index contributed by atoms with van der Waals surface area (Å²) in [6.45, 7) is 0.109. The highest BCUT2D eigenvalue weighted by Gasteiger charge is 2.13. The Kier molecular flexibility index (Phi) is 5.67. The molecule has 144 valence electrons. The minimum Gasteiger partial charge on any atom is -0.347 e. The Bertz CT molecular complexity index is 1160. The Labute approximate surface area is 161 Å². The van der Waals surface area contributed by atoms with Crippen LogP contribution in [0.5, 0.6) is 0 Å². The lowest BCUT2D eigenvalue weighted by atomic mass is 10.2. The number of nitrogens with zero attached hydrogens (tertiary/aromatic N) is 2. The summed E-state index contributed by atoms with van der Waals surface area (Å²) in [5.41, 5.74) is 0.878. The smallest absolute Gasteiger partial charge is 0.272 e. The lowest BCUT2D eigenvalue weighted by Gasteiger charge is -2.09. The van der Waals surface area contributed by atoms with E-state index in [1.807, 2.05) is 6.07 Å². The molecule has 9 heteroatoms. The van der Waals surface area contributed by atoms with Gasteiger partial charge in [-0.1, -0.05) is 30.3 Å². The van der Waals surface area contributed by atoms with Crippen molar-refractivity contribution < 1.29 is 13.2 Å². The summed E-state index contributed by atoms with van der Waals surface area (Å²) in [6.07, 6.45) is 0. The molecule has 0 fully saturated rings. The average Bonchev–Trinajstić information content (AvgIpc) is 2.73. The molecule has 1 heterocycles. The van der Waals surface area contributed by atoms with Crippen molar-refractivity contribution in [3.63, 3.8) is 0 Å². The van der Waals surface area contributed by atoms with Crippen molar-refractivity contribution in [1.29, 1.82) is 0 Å². The van der Waals surface area contributed by atoms with Crippen molar-refractivity contribution in [2.45, 2.75) is 11.4 Å². The third-order valence-corrected chi connectivity index (χ3v) is 5.38. The number of hydrogen-bond donors (Lipinski definition) is 2. The monoisotopic (exact) mass is 398 g/mol. The van der Waals surface area contributed by atoms with Gasteiger partial charge in [-0.05, 0) is 42.9 Å². The number of aromatic nitrogens is 2. The Hall–Kier alpha value is -3.30. The van der Waals surface area contributed by atoms with E-state index in [0.717, 1.165) is 4.68 Å². The van der Waals surface area contributed by atoms with Crippen LogP contribution in [0.3, 0.4) is 0 Å². The van der Waals surface area contributed by atoms with Crippen molar-refractivity contribution in [3.8, 4) is 5.69 Å². The molecular formula is C19H18N4O4S. The first-order valence-electron chi connectivity index (χ1n) is 8.37. The molecule has 28 heavy (non-hydrogen) atoms. The highest BCUT2D eigenvalue weighted by molar-refractivity contribution is 7.89. The van der Waals surface area contributed by atoms with Gasteiger partial charge in [0.2, 0.25) is 10.0 Å². The summed E-state index contributed by atoms with van der Waals surface area (Å²) in [5, 5.41) is 6.79. The SMILES string of the molecule is CNS(=O)(=O)c1cccc(CNC(=O)c2ccc(=O)n(-c3ccccc3)n2)c1. The number of rotatable bonds is 6. The van der Waals surface area contributed by atoms with Gasteiger partial charge in [0.1, 0.15) is 5.69 Å². The second-order valence-electron chi connectivity index (χ2n) is 5.84. The van der Waals surface area contributed by atoms with E-state index in [-0.39, 0.29) is 22.7 Å². The molecule has 2 aromatic carbocycles. The summed E-state index contributed by atoms with van der Waals surface area (Å²) in [6, 6.07) is 17.6. The molecule has 3 aromatic rings. The van der Waals surface area contributed by atoms with Crippen LogP contribution in [-0.4, -0.2) is 31.2 Å². The zero-order chi connectivity index (χ0) is 20.1. The third-order valence-electron chi connectivity index (χ3n) is 3.96. The van der Waals surface area contributed by atoms with Gasteiger partial charge in [0.25, 0.3) is 11.5 Å². The Morgan fingerprint density at radius 1 is 1.04 bits per heavy atom. The maximum atomic E-state index is 12.4. The zero-order valence-corrected chi connectivity index (χ0v) is 15.8. The van der Waals surface area contributed by atoms with Crippen LogP contribution in [0.15, 0.2) is 76.4 Å². The quantitative estimate of drug-likeness (QED) is 0.645. The summed E-state index contributed by atoms with van der Waals surface area (Å²) in [4.78, 5) is 24.6. The van der Waals surface area contributed by atoms with Gasteiger partial charge in [-0.3, -0.25) is 9.59 Å². The van der Waals surface area contributed by atoms with Gasteiger partial charge in [-0.2, -0.15) is 9.78 Å². The standard InChI is InChI=1S/C19H18N4O4S/c1-20-28(26,27)16-9-5-6-14(12-16)13-21-19(25)17-10-11-18(24)23(22-17)15-7-3-2-4-8-15/h2-12,20H,13H2,1H3,(H,21,25). The van der Waals surface area contributed by atoms with E-state index < -0.39 is 15.9 Å². The summed E-state index contributed by atoms with van der Waals surface area (Å²) in [5.74, 6) is -0.480. The third kappa shape index (κ3) is 4.33. The van der Waals surface area contributed by atoms with Crippen LogP contribution in [-0.2, 0) is 16.6 Å². The van der Waals surface area contributed by atoms with E-state index in [9.17, 15) is 18.0 Å².